The third kappa shape index (κ3) is 2.61. The van der Waals surface area contributed by atoms with Crippen LogP contribution in [0.3, 0.4) is 0 Å². The molecule has 94 valence electrons. The average Bonchev–Trinajstić information content (AvgIpc) is 2.19. The summed E-state index contributed by atoms with van der Waals surface area (Å²) in [5.41, 5.74) is 0. The van der Waals surface area contributed by atoms with E-state index >= 15 is 0 Å². The first-order chi connectivity index (χ1) is 7.01. The number of amides is 1. The number of rotatable bonds is 1. The summed E-state index contributed by atoms with van der Waals surface area (Å²) >= 11 is 0. The van der Waals surface area contributed by atoms with Crippen LogP contribution in [0.5, 0.6) is 0 Å². The molecule has 0 spiro atoms. The molecule has 1 atom stereocenters. The Morgan fingerprint density at radius 2 is 1.88 bits per heavy atom. The zero-order valence-corrected chi connectivity index (χ0v) is 12.4. The van der Waals surface area contributed by atoms with E-state index in [2.05, 4.69) is 7.05 Å². The predicted octanol–water partition coefficient (Wildman–Crippen LogP) is -1.72. The molecule has 0 aromatic rings. The second kappa shape index (κ2) is 5.08. The number of ether oxygens (including phenoxy) is 1. The van der Waals surface area contributed by atoms with Crippen molar-refractivity contribution in [3.05, 3.63) is 0 Å². The highest BCUT2D eigenvalue weighted by Crippen LogP contribution is 2.37. The van der Waals surface area contributed by atoms with E-state index in [1.165, 1.54) is 17.7 Å². The van der Waals surface area contributed by atoms with Crippen LogP contribution in [0.1, 0.15) is 19.3 Å². The SMILES string of the molecule is CN(C)C(=O)OC1CC2CC[N+]1(C)CC2.[I-]. The maximum Gasteiger partial charge on any atom is 0.413 e. The van der Waals surface area contributed by atoms with Gasteiger partial charge >= 0.3 is 6.09 Å². The Morgan fingerprint density at radius 3 is 2.31 bits per heavy atom. The van der Waals surface area contributed by atoms with Crippen LogP contribution in [0.15, 0.2) is 0 Å². The van der Waals surface area contributed by atoms with Crippen LogP contribution >= 0.6 is 0 Å². The average molecular weight is 340 g/mol. The lowest BCUT2D eigenvalue weighted by molar-refractivity contribution is -0.967. The van der Waals surface area contributed by atoms with Crippen molar-refractivity contribution in [3.63, 3.8) is 0 Å². The quantitative estimate of drug-likeness (QED) is 0.420. The molecule has 5 heteroatoms. The number of nitrogens with zero attached hydrogens (tertiary/aromatic N) is 2. The fourth-order valence-corrected chi connectivity index (χ4v) is 2.67. The molecule has 0 aliphatic carbocycles. The highest BCUT2D eigenvalue weighted by molar-refractivity contribution is 5.66. The molecule has 3 aliphatic rings. The molecular formula is C11H21IN2O2. The lowest BCUT2D eigenvalue weighted by Crippen LogP contribution is -3.00. The van der Waals surface area contributed by atoms with E-state index in [4.69, 9.17) is 4.74 Å². The van der Waals surface area contributed by atoms with E-state index < -0.39 is 0 Å². The lowest BCUT2D eigenvalue weighted by atomic mass is 9.85. The first-order valence-electron chi connectivity index (χ1n) is 5.73. The van der Waals surface area contributed by atoms with Crippen molar-refractivity contribution in [1.82, 2.24) is 4.90 Å². The zero-order valence-electron chi connectivity index (χ0n) is 10.3. The second-order valence-electron chi connectivity index (χ2n) is 5.34. The smallest absolute Gasteiger partial charge is 0.413 e. The van der Waals surface area contributed by atoms with Gasteiger partial charge in [-0.3, -0.25) is 4.48 Å². The molecule has 0 N–H and O–H groups in total. The number of quaternary nitrogens is 1. The molecule has 0 aromatic carbocycles. The van der Waals surface area contributed by atoms with E-state index in [0.717, 1.165) is 29.9 Å². The minimum atomic E-state index is -0.202. The van der Waals surface area contributed by atoms with Gasteiger partial charge in [-0.25, -0.2) is 4.79 Å². The van der Waals surface area contributed by atoms with E-state index in [0.29, 0.717) is 0 Å². The third-order valence-corrected chi connectivity index (χ3v) is 3.93. The van der Waals surface area contributed by atoms with Crippen molar-refractivity contribution in [2.24, 2.45) is 5.92 Å². The summed E-state index contributed by atoms with van der Waals surface area (Å²) in [6, 6.07) is 0. The molecule has 3 fully saturated rings. The first kappa shape index (κ1) is 14.0. The highest BCUT2D eigenvalue weighted by Gasteiger charge is 2.46. The summed E-state index contributed by atoms with van der Waals surface area (Å²) in [7, 11) is 5.68. The van der Waals surface area contributed by atoms with Crippen LogP contribution in [-0.2, 0) is 4.74 Å². The highest BCUT2D eigenvalue weighted by atomic mass is 127. The molecule has 0 aromatic heterocycles. The fraction of sp³-hybridized carbons (Fsp3) is 0.909. The molecule has 3 saturated heterocycles. The van der Waals surface area contributed by atoms with Gasteiger partial charge in [0.15, 0.2) is 0 Å². The summed E-state index contributed by atoms with van der Waals surface area (Å²) in [5.74, 6) is 0.782. The summed E-state index contributed by atoms with van der Waals surface area (Å²) in [6.07, 6.45) is 3.54. The number of fused-ring (bicyclic) bond motifs is 3. The van der Waals surface area contributed by atoms with Crippen LogP contribution < -0.4 is 24.0 Å². The molecular weight excluding hydrogens is 319 g/mol. The number of piperidine rings is 3. The molecule has 16 heavy (non-hydrogen) atoms. The Balaban J connectivity index is 0.00000128. The largest absolute Gasteiger partial charge is 1.00 e. The Morgan fingerprint density at radius 1 is 1.31 bits per heavy atom. The van der Waals surface area contributed by atoms with Crippen LogP contribution in [0.25, 0.3) is 0 Å². The normalized spacial score (nSPS) is 36.4. The van der Waals surface area contributed by atoms with E-state index in [1.54, 1.807) is 14.1 Å². The summed E-state index contributed by atoms with van der Waals surface area (Å²) in [4.78, 5) is 13.0. The maximum atomic E-state index is 11.5. The molecule has 3 heterocycles. The number of carbonyl (C=O) groups is 1. The second-order valence-corrected chi connectivity index (χ2v) is 5.34. The van der Waals surface area contributed by atoms with Crippen molar-refractivity contribution in [1.29, 1.82) is 0 Å². The standard InChI is InChI=1S/C11H21N2O2.HI/c1-12(2)11(14)15-10-8-9-4-6-13(10,3)7-5-9;/h9-10H,4-8H2,1-3H3;1H/q+1;/p-1. The van der Waals surface area contributed by atoms with Gasteiger partial charge in [0.1, 0.15) is 0 Å². The summed E-state index contributed by atoms with van der Waals surface area (Å²) < 4.78 is 6.48. The molecule has 1 unspecified atom stereocenters. The summed E-state index contributed by atoms with van der Waals surface area (Å²) in [5, 5.41) is 0. The van der Waals surface area contributed by atoms with Gasteiger partial charge in [-0.15, -0.1) is 0 Å². The minimum absolute atomic E-state index is 0. The van der Waals surface area contributed by atoms with Crippen molar-refractivity contribution >= 4 is 6.09 Å². The zero-order chi connectivity index (χ0) is 11.1. The number of hydrogen-bond donors (Lipinski definition) is 0. The Hall–Kier alpha value is -0.0400. The first-order valence-corrected chi connectivity index (χ1v) is 5.73. The van der Waals surface area contributed by atoms with Crippen molar-refractivity contribution in [2.45, 2.75) is 25.5 Å². The van der Waals surface area contributed by atoms with Crippen molar-refractivity contribution < 1.29 is 38.0 Å². The van der Waals surface area contributed by atoms with E-state index in [1.807, 2.05) is 0 Å². The Bertz CT molecular complexity index is 263. The molecule has 0 radical (unpaired) electrons. The van der Waals surface area contributed by atoms with Crippen LogP contribution in [0.2, 0.25) is 0 Å². The number of carbonyl (C=O) groups excluding carboxylic acids is 1. The van der Waals surface area contributed by atoms with Gasteiger partial charge in [0.25, 0.3) is 0 Å². The van der Waals surface area contributed by atoms with Gasteiger partial charge in [-0.2, -0.15) is 0 Å². The van der Waals surface area contributed by atoms with Gasteiger partial charge in [-0.05, 0) is 5.92 Å². The van der Waals surface area contributed by atoms with Gasteiger partial charge < -0.3 is 33.6 Å². The summed E-state index contributed by atoms with van der Waals surface area (Å²) in [6.45, 7) is 2.33. The molecule has 4 nitrogen and oxygen atoms in total. The van der Waals surface area contributed by atoms with Gasteiger partial charge in [-0.1, -0.05) is 0 Å². The predicted molar refractivity (Wildman–Crippen MR) is 57.2 cm³/mol. The molecule has 3 aliphatic heterocycles. The fourth-order valence-electron chi connectivity index (χ4n) is 2.67. The molecule has 0 saturated carbocycles. The lowest BCUT2D eigenvalue weighted by Gasteiger charge is -2.50. The van der Waals surface area contributed by atoms with Crippen LogP contribution in [0.4, 0.5) is 4.79 Å². The molecule has 2 bridgehead atoms. The maximum absolute atomic E-state index is 11.5. The third-order valence-electron chi connectivity index (χ3n) is 3.93. The van der Waals surface area contributed by atoms with Crippen molar-refractivity contribution in [3.8, 4) is 0 Å². The molecule has 1 amide bonds. The number of hydrogen-bond acceptors (Lipinski definition) is 2. The van der Waals surface area contributed by atoms with E-state index in [9.17, 15) is 4.79 Å². The van der Waals surface area contributed by atoms with E-state index in [-0.39, 0.29) is 36.3 Å². The van der Waals surface area contributed by atoms with Gasteiger partial charge in [0.05, 0.1) is 20.1 Å². The minimum Gasteiger partial charge on any atom is -1.00 e. The Labute approximate surface area is 115 Å². The van der Waals surface area contributed by atoms with Crippen LogP contribution in [0, 0.1) is 5.92 Å². The van der Waals surface area contributed by atoms with Gasteiger partial charge in [0, 0.05) is 33.4 Å². The topological polar surface area (TPSA) is 29.5 Å². The molecule has 3 rings (SSSR count). The number of halogens is 1. The van der Waals surface area contributed by atoms with Crippen LogP contribution in [-0.4, -0.2) is 55.9 Å². The van der Waals surface area contributed by atoms with Crippen molar-refractivity contribution in [2.75, 3.05) is 34.2 Å². The Kier molecular flexibility index (Phi) is 4.45. The monoisotopic (exact) mass is 340 g/mol. The van der Waals surface area contributed by atoms with Gasteiger partial charge in [0.2, 0.25) is 6.23 Å².